The number of rotatable bonds is 11. The van der Waals surface area contributed by atoms with Crippen LogP contribution in [0.25, 0.3) is 44.2 Å². The normalized spacial score (nSPS) is 20.2. The Kier molecular flexibility index (Phi) is 11.5. The number of fused-ring (bicyclic) bond motifs is 6. The van der Waals surface area contributed by atoms with Crippen molar-refractivity contribution in [3.05, 3.63) is 102 Å². The predicted molar refractivity (Wildman–Crippen MR) is 238 cm³/mol. The topological polar surface area (TPSA) is 204 Å². The number of H-pyrrole nitrogens is 2. The van der Waals surface area contributed by atoms with Crippen molar-refractivity contribution in [1.82, 2.24) is 40.4 Å². The van der Waals surface area contributed by atoms with Crippen LogP contribution in [0.3, 0.4) is 0 Å². The molecule has 0 radical (unpaired) electrons. The van der Waals surface area contributed by atoms with Gasteiger partial charge in [-0.1, -0.05) is 69.3 Å². The molecule has 6 aromatic rings. The monoisotopic (exact) mass is 868 g/mol. The van der Waals surface area contributed by atoms with Crippen molar-refractivity contribution in [1.29, 1.82) is 0 Å². The lowest BCUT2D eigenvalue weighted by atomic mass is 9.92. The number of hydrogen-bond acceptors (Lipinski definition) is 9. The average molecular weight is 869 g/mol. The minimum atomic E-state index is -1.22. The van der Waals surface area contributed by atoms with Crippen LogP contribution >= 0.6 is 0 Å². The van der Waals surface area contributed by atoms with Gasteiger partial charge < -0.3 is 49.7 Å². The van der Waals surface area contributed by atoms with E-state index in [4.69, 9.17) is 24.2 Å². The Bertz CT molecular complexity index is 2750. The summed E-state index contributed by atoms with van der Waals surface area (Å²) in [7, 11) is 2.93. The lowest BCUT2D eigenvalue weighted by Gasteiger charge is -2.29. The fourth-order valence-electron chi connectivity index (χ4n) is 9.72. The van der Waals surface area contributed by atoms with Crippen molar-refractivity contribution >= 4 is 45.8 Å². The SMILES string of the molecule is COC[C@H]1C[C@@H](c2nc3c(ccc4cc5c(cc43)OCc3cc(-c4cnc([C@@H]6C[C@H](C)CN6C(=O)[C@@H](NC(=O)O)C(C)C)[nH]4)ccc3-5)[nH]2)N(C(=O)[C@H](NC(=O)OC)c2ccccc2)C1. The third-order valence-corrected chi connectivity index (χ3v) is 12.8. The Morgan fingerprint density at radius 3 is 2.42 bits per heavy atom. The van der Waals surface area contributed by atoms with Gasteiger partial charge in [-0.15, -0.1) is 0 Å². The Morgan fingerprint density at radius 1 is 0.891 bits per heavy atom. The van der Waals surface area contributed by atoms with Crippen molar-refractivity contribution < 1.29 is 38.5 Å². The molecule has 2 saturated heterocycles. The number of methoxy groups -OCH3 is 2. The first-order valence-corrected chi connectivity index (χ1v) is 21.7. The summed E-state index contributed by atoms with van der Waals surface area (Å²) in [5.74, 6) is 1.60. The molecule has 4 aromatic carbocycles. The zero-order chi connectivity index (χ0) is 44.8. The van der Waals surface area contributed by atoms with E-state index in [1.165, 1.54) is 7.11 Å². The molecular weight excluding hydrogens is 817 g/mol. The molecule has 5 heterocycles. The molecule has 64 heavy (non-hydrogen) atoms. The van der Waals surface area contributed by atoms with Gasteiger partial charge in [0, 0.05) is 37.1 Å². The standard InChI is InChI=1S/C48H52N8O8/c1-25(2)40(53-47(59)60)45(57)55-21-26(3)15-37(55)43-49-20-36(51-43)30-11-13-32-31(17-30)24-64-39-19-33-29(18-34(32)39)12-14-35-42(33)52-44(50-35)38-16-27(23-62-4)22-56(38)46(58)41(54-48(61)63-5)28-9-7-6-8-10-28/h6-14,17-20,25-27,37-38,40-41,53H,15-16,21-24H2,1-5H3,(H,49,51)(H,50,52)(H,54,61)(H,59,60)/t26-,27-,37-,38-,40-,41+/m0/s1. The minimum absolute atomic E-state index is 0.0548. The van der Waals surface area contributed by atoms with Crippen molar-refractivity contribution in [3.63, 3.8) is 0 Å². The summed E-state index contributed by atoms with van der Waals surface area (Å²) in [6, 6.07) is 21.1. The minimum Gasteiger partial charge on any atom is -0.488 e. The molecule has 0 bridgehead atoms. The summed E-state index contributed by atoms with van der Waals surface area (Å²) in [6.45, 7) is 7.51. The number of benzene rings is 4. The van der Waals surface area contributed by atoms with E-state index < -0.39 is 30.3 Å². The Balaban J connectivity index is 0.986. The van der Waals surface area contributed by atoms with Crippen LogP contribution in [-0.2, 0) is 25.7 Å². The van der Waals surface area contributed by atoms with E-state index in [1.807, 2.05) is 56.3 Å². The molecule has 332 valence electrons. The maximum Gasteiger partial charge on any atom is 0.407 e. The highest BCUT2D eigenvalue weighted by Gasteiger charge is 2.42. The maximum absolute atomic E-state index is 14.4. The number of imidazole rings is 2. The summed E-state index contributed by atoms with van der Waals surface area (Å²) in [4.78, 5) is 72.5. The molecule has 2 fully saturated rings. The van der Waals surface area contributed by atoms with E-state index in [9.17, 15) is 24.3 Å². The molecule has 0 aliphatic carbocycles. The molecule has 0 unspecified atom stereocenters. The number of carbonyl (C=O) groups is 4. The molecule has 9 rings (SSSR count). The van der Waals surface area contributed by atoms with Crippen LogP contribution in [0.1, 0.15) is 74.5 Å². The van der Waals surface area contributed by atoms with Gasteiger partial charge in [-0.3, -0.25) is 9.59 Å². The Morgan fingerprint density at radius 2 is 1.67 bits per heavy atom. The van der Waals surface area contributed by atoms with Gasteiger partial charge in [-0.25, -0.2) is 19.6 Å². The fourth-order valence-corrected chi connectivity index (χ4v) is 9.72. The molecule has 16 heteroatoms. The molecule has 6 atom stereocenters. The van der Waals surface area contributed by atoms with Crippen LogP contribution in [0, 0.1) is 17.8 Å². The maximum atomic E-state index is 14.4. The summed E-state index contributed by atoms with van der Waals surface area (Å²) >= 11 is 0. The van der Waals surface area contributed by atoms with Gasteiger partial charge in [-0.2, -0.15) is 0 Å². The van der Waals surface area contributed by atoms with Crippen molar-refractivity contribution in [2.75, 3.05) is 33.9 Å². The fraction of sp³-hybridized carbons (Fsp3) is 0.375. The third kappa shape index (κ3) is 7.97. The molecule has 4 amide bonds. The lowest BCUT2D eigenvalue weighted by Crippen LogP contribution is -2.50. The zero-order valence-corrected chi connectivity index (χ0v) is 36.4. The number of ether oxygens (including phenoxy) is 3. The largest absolute Gasteiger partial charge is 0.488 e. The average Bonchev–Trinajstić information content (AvgIpc) is 4.12. The van der Waals surface area contributed by atoms with E-state index in [0.717, 1.165) is 55.5 Å². The van der Waals surface area contributed by atoms with E-state index in [-0.39, 0.29) is 35.6 Å². The highest BCUT2D eigenvalue weighted by molar-refractivity contribution is 6.07. The van der Waals surface area contributed by atoms with Gasteiger partial charge in [0.25, 0.3) is 5.91 Å². The smallest absolute Gasteiger partial charge is 0.407 e. The highest BCUT2D eigenvalue weighted by atomic mass is 16.5. The molecule has 5 N–H and O–H groups in total. The van der Waals surface area contributed by atoms with E-state index in [2.05, 4.69) is 57.9 Å². The molecular formula is C48H52N8O8. The molecule has 3 aliphatic rings. The van der Waals surface area contributed by atoms with Crippen LogP contribution in [-0.4, -0.2) is 98.8 Å². The van der Waals surface area contributed by atoms with Gasteiger partial charge in [0.15, 0.2) is 0 Å². The van der Waals surface area contributed by atoms with Crippen LogP contribution in [0.5, 0.6) is 5.75 Å². The van der Waals surface area contributed by atoms with E-state index >= 15 is 0 Å². The summed E-state index contributed by atoms with van der Waals surface area (Å²) < 4.78 is 16.9. The summed E-state index contributed by atoms with van der Waals surface area (Å²) in [5.41, 5.74) is 7.00. The lowest BCUT2D eigenvalue weighted by molar-refractivity contribution is -0.136. The van der Waals surface area contributed by atoms with Gasteiger partial charge >= 0.3 is 12.2 Å². The second-order valence-electron chi connectivity index (χ2n) is 17.6. The van der Waals surface area contributed by atoms with Crippen LogP contribution in [0.4, 0.5) is 9.59 Å². The second kappa shape index (κ2) is 17.3. The first-order chi connectivity index (χ1) is 30.9. The zero-order valence-electron chi connectivity index (χ0n) is 36.4. The van der Waals surface area contributed by atoms with Crippen molar-refractivity contribution in [2.45, 2.75) is 64.4 Å². The van der Waals surface area contributed by atoms with Gasteiger partial charge in [0.1, 0.15) is 36.1 Å². The highest BCUT2D eigenvalue weighted by Crippen LogP contribution is 2.44. The van der Waals surface area contributed by atoms with Crippen LogP contribution in [0.2, 0.25) is 0 Å². The van der Waals surface area contributed by atoms with Gasteiger partial charge in [0.2, 0.25) is 5.91 Å². The van der Waals surface area contributed by atoms with Crippen molar-refractivity contribution in [3.8, 4) is 28.1 Å². The second-order valence-corrected chi connectivity index (χ2v) is 17.6. The third-order valence-electron chi connectivity index (χ3n) is 12.8. The number of likely N-dealkylation sites (tertiary alicyclic amines) is 2. The number of hydrogen-bond donors (Lipinski definition) is 5. The molecule has 0 saturated carbocycles. The molecule has 3 aliphatic heterocycles. The van der Waals surface area contributed by atoms with Crippen molar-refractivity contribution in [2.24, 2.45) is 17.8 Å². The molecule has 0 spiro atoms. The predicted octanol–water partition coefficient (Wildman–Crippen LogP) is 7.50. The van der Waals surface area contributed by atoms with Gasteiger partial charge in [0.05, 0.1) is 48.7 Å². The first-order valence-electron chi connectivity index (χ1n) is 21.7. The molecule has 2 aromatic heterocycles. The number of nitrogens with zero attached hydrogens (tertiary/aromatic N) is 4. The summed E-state index contributed by atoms with van der Waals surface area (Å²) in [5, 5.41) is 16.5. The van der Waals surface area contributed by atoms with E-state index in [0.29, 0.717) is 56.4 Å². The first kappa shape index (κ1) is 42.4. The number of aromatic nitrogens is 4. The quantitative estimate of drug-likeness (QED) is 0.0868. The number of aromatic amines is 2. The van der Waals surface area contributed by atoms with Crippen LogP contribution < -0.4 is 15.4 Å². The van der Waals surface area contributed by atoms with Crippen LogP contribution in [0.15, 0.2) is 79.0 Å². The number of carboxylic acid groups (broad SMARTS) is 1. The Hall–Kier alpha value is -6.94. The Labute approximate surface area is 369 Å². The summed E-state index contributed by atoms with van der Waals surface area (Å²) in [6.07, 6.45) is 1.19. The number of nitrogens with one attached hydrogen (secondary N) is 4. The molecule has 16 nitrogen and oxygen atoms in total. The number of amides is 4. The van der Waals surface area contributed by atoms with E-state index in [1.54, 1.807) is 23.1 Å². The van der Waals surface area contributed by atoms with Gasteiger partial charge in [-0.05, 0) is 76.6 Å². The number of alkyl carbamates (subject to hydrolysis) is 1. The number of carbonyl (C=O) groups excluding carboxylic acids is 3.